The van der Waals surface area contributed by atoms with Crippen molar-refractivity contribution < 1.29 is 36.9 Å². The van der Waals surface area contributed by atoms with Crippen LogP contribution >= 0.6 is 0 Å². The van der Waals surface area contributed by atoms with E-state index in [1.807, 2.05) is 0 Å². The number of rotatable bonds is 3. The van der Waals surface area contributed by atoms with Crippen LogP contribution in [0.15, 0.2) is 36.4 Å². The highest BCUT2D eigenvalue weighted by Crippen LogP contribution is 2.40. The lowest BCUT2D eigenvalue weighted by molar-refractivity contribution is -0.137. The highest BCUT2D eigenvalue weighted by Gasteiger charge is 2.31. The predicted molar refractivity (Wildman–Crippen MR) is 81.6 cm³/mol. The van der Waals surface area contributed by atoms with Crippen molar-refractivity contribution in [2.45, 2.75) is 18.8 Å². The molecule has 1 atom stereocenters. The molecule has 26 heavy (non-hydrogen) atoms. The number of ether oxygens (including phenoxy) is 2. The van der Waals surface area contributed by atoms with Crippen LogP contribution in [-0.4, -0.2) is 17.8 Å². The van der Waals surface area contributed by atoms with E-state index in [1.54, 1.807) is 0 Å². The first-order valence-electron chi connectivity index (χ1n) is 7.50. The van der Waals surface area contributed by atoms with E-state index in [-0.39, 0.29) is 24.7 Å². The first-order chi connectivity index (χ1) is 12.2. The summed E-state index contributed by atoms with van der Waals surface area (Å²) in [4.78, 5) is 10.5. The van der Waals surface area contributed by atoms with Gasteiger partial charge in [-0.3, -0.25) is 0 Å². The molecule has 9 heteroatoms. The number of amides is 1. The number of carbonyl (C=O) groups is 1. The molecule has 2 aromatic rings. The molecule has 5 nitrogen and oxygen atoms in total. The molecular formula is C17H13F4NO4. The molecule has 2 N–H and O–H groups in total. The zero-order chi connectivity index (χ0) is 18.9. The van der Waals surface area contributed by atoms with Gasteiger partial charge in [-0.05, 0) is 35.4 Å². The van der Waals surface area contributed by atoms with Crippen LogP contribution in [0.4, 0.5) is 22.4 Å². The minimum atomic E-state index is -4.44. The number of nitrogens with one attached hydrogen (secondary N) is 1. The first kappa shape index (κ1) is 17.8. The van der Waals surface area contributed by atoms with Crippen molar-refractivity contribution in [3.05, 3.63) is 58.9 Å². The molecule has 0 aromatic heterocycles. The second-order valence-corrected chi connectivity index (χ2v) is 5.60. The largest absolute Gasteiger partial charge is 0.485 e. The Morgan fingerprint density at radius 1 is 1.23 bits per heavy atom. The highest BCUT2D eigenvalue weighted by molar-refractivity contribution is 5.64. The fourth-order valence-corrected chi connectivity index (χ4v) is 2.52. The number of hydrogen-bond donors (Lipinski definition) is 2. The van der Waals surface area contributed by atoms with Gasteiger partial charge in [-0.1, -0.05) is 12.1 Å². The highest BCUT2D eigenvalue weighted by atomic mass is 19.4. The summed E-state index contributed by atoms with van der Waals surface area (Å²) >= 11 is 0. The van der Waals surface area contributed by atoms with E-state index >= 15 is 0 Å². The molecule has 0 saturated carbocycles. The third-order valence-corrected chi connectivity index (χ3v) is 3.77. The average molecular weight is 371 g/mol. The molecule has 138 valence electrons. The lowest BCUT2D eigenvalue weighted by atomic mass is 10.1. The molecule has 0 aliphatic carbocycles. The smallest absolute Gasteiger partial charge is 0.416 e. The van der Waals surface area contributed by atoms with Crippen LogP contribution in [0.5, 0.6) is 11.5 Å². The maximum atomic E-state index is 14.2. The Kier molecular flexibility index (Phi) is 4.62. The van der Waals surface area contributed by atoms with Gasteiger partial charge in [-0.25, -0.2) is 9.18 Å². The second-order valence-electron chi connectivity index (χ2n) is 5.60. The molecule has 1 aliphatic heterocycles. The summed E-state index contributed by atoms with van der Waals surface area (Å²) in [6, 6.07) is 6.90. The van der Waals surface area contributed by atoms with Gasteiger partial charge in [-0.2, -0.15) is 13.2 Å². The minimum absolute atomic E-state index is 0.0202. The number of halogens is 4. The molecule has 0 fully saturated rings. The van der Waals surface area contributed by atoms with Gasteiger partial charge in [-0.15, -0.1) is 0 Å². The van der Waals surface area contributed by atoms with Crippen LogP contribution in [0, 0.1) is 5.82 Å². The summed E-state index contributed by atoms with van der Waals surface area (Å²) < 4.78 is 63.1. The van der Waals surface area contributed by atoms with Crippen LogP contribution in [0.2, 0.25) is 0 Å². The van der Waals surface area contributed by atoms with E-state index in [9.17, 15) is 22.4 Å². The van der Waals surface area contributed by atoms with Gasteiger partial charge < -0.3 is 19.9 Å². The number of carboxylic acid groups (broad SMARTS) is 1. The zero-order valence-electron chi connectivity index (χ0n) is 13.1. The van der Waals surface area contributed by atoms with E-state index in [0.717, 1.165) is 18.2 Å². The van der Waals surface area contributed by atoms with E-state index in [2.05, 4.69) is 5.32 Å². The van der Waals surface area contributed by atoms with Crippen LogP contribution in [0.25, 0.3) is 0 Å². The Morgan fingerprint density at radius 3 is 2.54 bits per heavy atom. The van der Waals surface area contributed by atoms with Gasteiger partial charge in [0.2, 0.25) is 0 Å². The molecule has 0 bridgehead atoms. The van der Waals surface area contributed by atoms with Crippen LogP contribution in [-0.2, 0) is 12.7 Å². The second kappa shape index (κ2) is 6.74. The van der Waals surface area contributed by atoms with E-state index < -0.39 is 29.8 Å². The number of benzene rings is 2. The van der Waals surface area contributed by atoms with Crippen LogP contribution in [0.1, 0.15) is 22.8 Å². The Hall–Kier alpha value is -2.97. The maximum absolute atomic E-state index is 14.2. The predicted octanol–water partition coefficient (Wildman–Crippen LogP) is 4.12. The number of hydrogen-bond acceptors (Lipinski definition) is 3. The molecular weight excluding hydrogens is 358 g/mol. The van der Waals surface area contributed by atoms with E-state index in [1.165, 1.54) is 18.2 Å². The fourth-order valence-electron chi connectivity index (χ4n) is 2.52. The molecule has 0 radical (unpaired) electrons. The maximum Gasteiger partial charge on any atom is 0.416 e. The quantitative estimate of drug-likeness (QED) is 0.797. The van der Waals surface area contributed by atoms with Crippen molar-refractivity contribution in [2.24, 2.45) is 0 Å². The zero-order valence-corrected chi connectivity index (χ0v) is 13.1. The number of alkyl halides is 3. The Labute approximate surface area is 145 Å². The minimum Gasteiger partial charge on any atom is -0.485 e. The standard InChI is InChI=1S/C17H13F4NO4/c18-12-5-9(7-22-16(23)24)6-13-15(12)26-14(8-25-13)10-1-3-11(4-2-10)17(19,20)21/h1-6,14,22H,7-8H2,(H,23,24). The van der Waals surface area contributed by atoms with Crippen molar-refractivity contribution in [1.29, 1.82) is 0 Å². The molecule has 1 unspecified atom stereocenters. The Morgan fingerprint density at radius 2 is 1.92 bits per heavy atom. The molecule has 3 rings (SSSR count). The molecule has 1 amide bonds. The third kappa shape index (κ3) is 3.81. The van der Waals surface area contributed by atoms with E-state index in [0.29, 0.717) is 11.1 Å². The van der Waals surface area contributed by atoms with Gasteiger partial charge >= 0.3 is 12.3 Å². The van der Waals surface area contributed by atoms with Crippen molar-refractivity contribution in [3.8, 4) is 11.5 Å². The van der Waals surface area contributed by atoms with Crippen molar-refractivity contribution in [2.75, 3.05) is 6.61 Å². The van der Waals surface area contributed by atoms with Gasteiger partial charge in [0.15, 0.2) is 23.4 Å². The SMILES string of the molecule is O=C(O)NCc1cc(F)c2c(c1)OCC(c1ccc(C(F)(F)F)cc1)O2. The van der Waals surface area contributed by atoms with Crippen LogP contribution in [0.3, 0.4) is 0 Å². The summed E-state index contributed by atoms with van der Waals surface area (Å²) in [5.74, 6) is -0.808. The Bertz CT molecular complexity index is 821. The summed E-state index contributed by atoms with van der Waals surface area (Å²) in [6.45, 7) is -0.126. The van der Waals surface area contributed by atoms with Crippen molar-refractivity contribution in [1.82, 2.24) is 5.32 Å². The summed E-state index contributed by atoms with van der Waals surface area (Å²) in [6.07, 6.45) is -6.45. The van der Waals surface area contributed by atoms with Gasteiger partial charge in [0.25, 0.3) is 0 Å². The average Bonchev–Trinajstić information content (AvgIpc) is 2.59. The van der Waals surface area contributed by atoms with Crippen molar-refractivity contribution in [3.63, 3.8) is 0 Å². The third-order valence-electron chi connectivity index (χ3n) is 3.77. The molecule has 0 saturated heterocycles. The molecule has 1 heterocycles. The number of fused-ring (bicyclic) bond motifs is 1. The van der Waals surface area contributed by atoms with Crippen molar-refractivity contribution >= 4 is 6.09 Å². The lowest BCUT2D eigenvalue weighted by Crippen LogP contribution is -2.23. The molecule has 0 spiro atoms. The normalized spacial score (nSPS) is 16.2. The topological polar surface area (TPSA) is 67.8 Å². The molecule has 1 aliphatic rings. The first-order valence-corrected chi connectivity index (χ1v) is 7.50. The lowest BCUT2D eigenvalue weighted by Gasteiger charge is -2.27. The Balaban J connectivity index is 1.78. The van der Waals surface area contributed by atoms with Crippen LogP contribution < -0.4 is 14.8 Å². The molecule has 2 aromatic carbocycles. The monoisotopic (exact) mass is 371 g/mol. The van der Waals surface area contributed by atoms with Gasteiger partial charge in [0, 0.05) is 6.54 Å². The summed E-state index contributed by atoms with van der Waals surface area (Å²) in [5, 5.41) is 10.7. The van der Waals surface area contributed by atoms with Gasteiger partial charge in [0.05, 0.1) is 5.56 Å². The van der Waals surface area contributed by atoms with Gasteiger partial charge in [0.1, 0.15) is 6.61 Å². The summed E-state index contributed by atoms with van der Waals surface area (Å²) in [5.41, 5.74) is -0.0277. The van der Waals surface area contributed by atoms with E-state index in [4.69, 9.17) is 14.6 Å². The fraction of sp³-hybridized carbons (Fsp3) is 0.235. The summed E-state index contributed by atoms with van der Waals surface area (Å²) in [7, 11) is 0.